The van der Waals surface area contributed by atoms with Crippen LogP contribution in [0.4, 0.5) is 5.82 Å². The predicted molar refractivity (Wildman–Crippen MR) is 64.9 cm³/mol. The number of aromatic carboxylic acids is 1. The van der Waals surface area contributed by atoms with Crippen LogP contribution in [0, 0.1) is 6.92 Å². The third-order valence-corrected chi connectivity index (χ3v) is 2.61. The second-order valence-electron chi connectivity index (χ2n) is 3.78. The third kappa shape index (κ3) is 2.41. The standard InChI is InChI=1S/C11H11N5O3/c1-6-7(5-14-16(6)2)10(17)15-9-8(11(18)19)12-3-4-13-9/h3-5H,1-2H3,(H,18,19)(H,13,15,17). The lowest BCUT2D eigenvalue weighted by Gasteiger charge is -2.05. The molecule has 8 heteroatoms. The molecule has 0 saturated heterocycles. The van der Waals surface area contributed by atoms with E-state index in [-0.39, 0.29) is 11.5 Å². The molecule has 0 saturated carbocycles. The van der Waals surface area contributed by atoms with Crippen LogP contribution in [-0.2, 0) is 7.05 Å². The summed E-state index contributed by atoms with van der Waals surface area (Å²) in [5.41, 5.74) is 0.708. The third-order valence-electron chi connectivity index (χ3n) is 2.61. The molecule has 98 valence electrons. The molecular weight excluding hydrogens is 250 g/mol. The number of carbonyl (C=O) groups is 2. The number of aromatic nitrogens is 4. The second-order valence-corrected chi connectivity index (χ2v) is 3.78. The van der Waals surface area contributed by atoms with Crippen LogP contribution in [0.15, 0.2) is 18.6 Å². The van der Waals surface area contributed by atoms with Gasteiger partial charge < -0.3 is 10.4 Å². The van der Waals surface area contributed by atoms with Crippen LogP contribution in [0.5, 0.6) is 0 Å². The maximum absolute atomic E-state index is 12.0. The first-order valence-corrected chi connectivity index (χ1v) is 5.35. The fraction of sp³-hybridized carbons (Fsp3) is 0.182. The fourth-order valence-corrected chi connectivity index (χ4v) is 1.48. The zero-order valence-corrected chi connectivity index (χ0v) is 10.3. The van der Waals surface area contributed by atoms with Gasteiger partial charge in [0.05, 0.1) is 11.8 Å². The van der Waals surface area contributed by atoms with Gasteiger partial charge >= 0.3 is 5.97 Å². The van der Waals surface area contributed by atoms with E-state index in [9.17, 15) is 9.59 Å². The number of carboxylic acid groups (broad SMARTS) is 1. The number of amides is 1. The number of hydrogen-bond acceptors (Lipinski definition) is 5. The number of nitrogens with one attached hydrogen (secondary N) is 1. The van der Waals surface area contributed by atoms with Crippen molar-refractivity contribution in [3.8, 4) is 0 Å². The number of aryl methyl sites for hydroxylation is 1. The van der Waals surface area contributed by atoms with Gasteiger partial charge in [-0.1, -0.05) is 0 Å². The summed E-state index contributed by atoms with van der Waals surface area (Å²) >= 11 is 0. The van der Waals surface area contributed by atoms with Crippen LogP contribution in [0.2, 0.25) is 0 Å². The van der Waals surface area contributed by atoms with Crippen molar-refractivity contribution in [1.29, 1.82) is 0 Å². The van der Waals surface area contributed by atoms with Crippen LogP contribution < -0.4 is 5.32 Å². The van der Waals surface area contributed by atoms with E-state index in [1.165, 1.54) is 18.6 Å². The Balaban J connectivity index is 2.29. The van der Waals surface area contributed by atoms with Crippen LogP contribution in [-0.4, -0.2) is 36.7 Å². The molecule has 0 aliphatic heterocycles. The largest absolute Gasteiger partial charge is 0.476 e. The zero-order chi connectivity index (χ0) is 14.0. The van der Waals surface area contributed by atoms with Gasteiger partial charge in [0, 0.05) is 25.1 Å². The van der Waals surface area contributed by atoms with E-state index in [4.69, 9.17) is 5.11 Å². The van der Waals surface area contributed by atoms with E-state index >= 15 is 0 Å². The van der Waals surface area contributed by atoms with Crippen LogP contribution in [0.25, 0.3) is 0 Å². The summed E-state index contributed by atoms with van der Waals surface area (Å²) in [6.07, 6.45) is 3.95. The van der Waals surface area contributed by atoms with Crippen molar-refractivity contribution in [1.82, 2.24) is 19.7 Å². The molecule has 0 unspecified atom stereocenters. The van der Waals surface area contributed by atoms with Gasteiger partial charge in [0.25, 0.3) is 5.91 Å². The van der Waals surface area contributed by atoms with Gasteiger partial charge in [-0.3, -0.25) is 9.48 Å². The number of carbonyl (C=O) groups excluding carboxylic acids is 1. The Hall–Kier alpha value is -2.77. The van der Waals surface area contributed by atoms with Crippen molar-refractivity contribution in [2.24, 2.45) is 7.05 Å². The average molecular weight is 261 g/mol. The fourth-order valence-electron chi connectivity index (χ4n) is 1.48. The molecule has 0 aliphatic rings. The highest BCUT2D eigenvalue weighted by Gasteiger charge is 2.18. The molecule has 1 amide bonds. The molecule has 8 nitrogen and oxygen atoms in total. The van der Waals surface area contributed by atoms with Gasteiger partial charge in [-0.15, -0.1) is 0 Å². The molecule has 2 N–H and O–H groups in total. The average Bonchev–Trinajstić information content (AvgIpc) is 2.70. The van der Waals surface area contributed by atoms with Crippen LogP contribution in [0.1, 0.15) is 26.5 Å². The number of carboxylic acids is 1. The van der Waals surface area contributed by atoms with Gasteiger partial charge in [0.1, 0.15) is 0 Å². The van der Waals surface area contributed by atoms with Crippen molar-refractivity contribution < 1.29 is 14.7 Å². The molecular formula is C11H11N5O3. The number of hydrogen-bond donors (Lipinski definition) is 2. The van der Waals surface area contributed by atoms with E-state index in [0.717, 1.165) is 0 Å². The minimum Gasteiger partial charge on any atom is -0.476 e. The Kier molecular flexibility index (Phi) is 3.23. The van der Waals surface area contributed by atoms with Crippen molar-refractivity contribution in [2.75, 3.05) is 5.32 Å². The highest BCUT2D eigenvalue weighted by molar-refractivity contribution is 6.06. The molecule has 0 spiro atoms. The van der Waals surface area contributed by atoms with Crippen molar-refractivity contribution in [3.05, 3.63) is 35.5 Å². The summed E-state index contributed by atoms with van der Waals surface area (Å²) in [7, 11) is 1.71. The monoisotopic (exact) mass is 261 g/mol. The number of rotatable bonds is 3. The van der Waals surface area contributed by atoms with Crippen molar-refractivity contribution in [2.45, 2.75) is 6.92 Å². The smallest absolute Gasteiger partial charge is 0.358 e. The van der Waals surface area contributed by atoms with Crippen LogP contribution >= 0.6 is 0 Å². The van der Waals surface area contributed by atoms with Gasteiger partial charge in [0.15, 0.2) is 11.5 Å². The van der Waals surface area contributed by atoms with Crippen molar-refractivity contribution >= 4 is 17.7 Å². The van der Waals surface area contributed by atoms with Crippen LogP contribution in [0.3, 0.4) is 0 Å². The Labute approximate surface area is 108 Å². The Bertz CT molecular complexity index is 650. The maximum atomic E-state index is 12.0. The van der Waals surface area contributed by atoms with E-state index in [0.29, 0.717) is 11.3 Å². The minimum absolute atomic E-state index is 0.0942. The predicted octanol–water partition coefficient (Wildman–Crippen LogP) is 0.469. The molecule has 2 heterocycles. The minimum atomic E-state index is -1.26. The molecule has 0 atom stereocenters. The maximum Gasteiger partial charge on any atom is 0.358 e. The second kappa shape index (κ2) is 4.84. The van der Waals surface area contributed by atoms with Gasteiger partial charge in [-0.2, -0.15) is 5.10 Å². The molecule has 0 aromatic carbocycles. The van der Waals surface area contributed by atoms with Gasteiger partial charge in [-0.05, 0) is 6.92 Å². The first-order chi connectivity index (χ1) is 9.00. The van der Waals surface area contributed by atoms with Gasteiger partial charge in [0.2, 0.25) is 0 Å². The SMILES string of the molecule is Cc1c(C(=O)Nc2nccnc2C(=O)O)cnn1C. The molecule has 2 aromatic rings. The summed E-state index contributed by atoms with van der Waals surface area (Å²) in [5.74, 6) is -1.83. The van der Waals surface area contributed by atoms with Crippen molar-refractivity contribution in [3.63, 3.8) is 0 Å². The Morgan fingerprint density at radius 1 is 1.32 bits per heavy atom. The molecule has 2 rings (SSSR count). The van der Waals surface area contributed by atoms with E-state index in [2.05, 4.69) is 20.4 Å². The first kappa shape index (κ1) is 12.7. The summed E-state index contributed by atoms with van der Waals surface area (Å²) in [4.78, 5) is 30.4. The first-order valence-electron chi connectivity index (χ1n) is 5.35. The summed E-state index contributed by atoms with van der Waals surface area (Å²) in [6, 6.07) is 0. The zero-order valence-electron chi connectivity index (χ0n) is 10.3. The molecule has 0 bridgehead atoms. The molecule has 19 heavy (non-hydrogen) atoms. The Morgan fingerprint density at radius 2 is 2.00 bits per heavy atom. The normalized spacial score (nSPS) is 10.2. The Morgan fingerprint density at radius 3 is 2.58 bits per heavy atom. The van der Waals surface area contributed by atoms with E-state index < -0.39 is 11.9 Å². The number of nitrogens with zero attached hydrogens (tertiary/aromatic N) is 4. The van der Waals surface area contributed by atoms with Gasteiger partial charge in [-0.25, -0.2) is 14.8 Å². The molecule has 0 aliphatic carbocycles. The summed E-state index contributed by atoms with van der Waals surface area (Å²) in [6.45, 7) is 1.73. The van der Waals surface area contributed by atoms with E-state index in [1.807, 2.05) is 0 Å². The molecule has 0 radical (unpaired) electrons. The number of anilines is 1. The lowest BCUT2D eigenvalue weighted by molar-refractivity contribution is 0.0691. The topological polar surface area (TPSA) is 110 Å². The summed E-state index contributed by atoms with van der Waals surface area (Å²) < 4.78 is 1.55. The van der Waals surface area contributed by atoms with E-state index in [1.54, 1.807) is 18.7 Å². The highest BCUT2D eigenvalue weighted by atomic mass is 16.4. The molecule has 0 fully saturated rings. The lowest BCUT2D eigenvalue weighted by atomic mass is 10.2. The quantitative estimate of drug-likeness (QED) is 0.831. The highest BCUT2D eigenvalue weighted by Crippen LogP contribution is 2.12. The lowest BCUT2D eigenvalue weighted by Crippen LogP contribution is -2.17. The summed E-state index contributed by atoms with van der Waals surface area (Å²) in [5, 5.41) is 15.3. The molecule has 2 aromatic heterocycles.